The van der Waals surface area contributed by atoms with E-state index in [-0.39, 0.29) is 0 Å². The minimum absolute atomic E-state index is 1.36. The van der Waals surface area contributed by atoms with E-state index in [9.17, 15) is 0 Å². The first-order valence-corrected chi connectivity index (χ1v) is 1.47. The molecule has 1 aliphatic rings. The van der Waals surface area contributed by atoms with Gasteiger partial charge in [0.2, 0.25) is 0 Å². The molecule has 0 amide bonds. The van der Waals surface area contributed by atoms with Crippen molar-refractivity contribution in [1.82, 2.24) is 0 Å². The molecule has 0 aromatic carbocycles. The second-order valence-corrected chi connectivity index (χ2v) is 0.725. The predicted molar refractivity (Wildman–Crippen MR) is 20.8 cm³/mol. The molecule has 0 spiro atoms. The molecule has 0 N–H and O–H groups in total. The summed E-state index contributed by atoms with van der Waals surface area (Å²) in [4.78, 5) is 8.27. The average molecular weight is 82.6 g/mol. The number of hydrogen-bond acceptors (Lipinski definition) is 3. The van der Waals surface area contributed by atoms with Gasteiger partial charge in [0.05, 0.1) is 0 Å². The molecule has 0 aromatic heterocycles. The van der Waals surface area contributed by atoms with E-state index >= 15 is 0 Å². The zero-order chi connectivity index (χ0) is 4.24. The van der Waals surface area contributed by atoms with Crippen LogP contribution in [0, 0.1) is 0 Å². The maximum atomic E-state index is 4.14. The van der Waals surface area contributed by atoms with Crippen LogP contribution >= 0.6 is 0 Å². The van der Waals surface area contributed by atoms with Crippen LogP contribution in [-0.4, -0.2) is 20.3 Å². The molecule has 0 aromatic rings. The van der Waals surface area contributed by atoms with Gasteiger partial charge in [0.1, 0.15) is 0 Å². The second-order valence-electron chi connectivity index (χ2n) is 0.725. The summed E-state index contributed by atoms with van der Waals surface area (Å²) in [6.45, 7) is 1.57. The van der Waals surface area contributed by atoms with Crippen LogP contribution in [0.15, 0.2) is 0 Å². The molecule has 0 saturated carbocycles. The fraction of sp³-hybridized carbons (Fsp3) is 0. The molecule has 29 valence electrons. The summed E-state index contributed by atoms with van der Waals surface area (Å²) < 4.78 is 0. The molecule has 0 saturated heterocycles. The molecular formula is CHB2O3. The molecule has 0 atom stereocenters. The third-order valence-electron chi connectivity index (χ3n) is 0.347. The first kappa shape index (κ1) is 3.89. The van der Waals surface area contributed by atoms with Gasteiger partial charge in [0.25, 0.3) is 0 Å². The summed E-state index contributed by atoms with van der Waals surface area (Å²) in [7, 11) is 1.36. The third kappa shape index (κ3) is 0.841. The molecule has 0 fully saturated rings. The number of rotatable bonds is 0. The van der Waals surface area contributed by atoms with Crippen molar-refractivity contribution in [3.8, 4) is 0 Å². The van der Waals surface area contributed by atoms with E-state index in [4.69, 9.17) is 0 Å². The molecular weight excluding hydrogens is 81.6 g/mol. The van der Waals surface area contributed by atoms with Gasteiger partial charge in [-0.2, -0.15) is 0 Å². The molecule has 6 heavy (non-hydrogen) atoms. The van der Waals surface area contributed by atoms with Crippen LogP contribution in [0.4, 0.5) is 0 Å². The molecule has 1 aliphatic heterocycles. The van der Waals surface area contributed by atoms with E-state index in [0.29, 0.717) is 0 Å². The van der Waals surface area contributed by atoms with E-state index < -0.39 is 0 Å². The first-order chi connectivity index (χ1) is 3.00. The second kappa shape index (κ2) is 2.00. The van der Waals surface area contributed by atoms with Gasteiger partial charge in [0, 0.05) is 0 Å². The zero-order valence-electron chi connectivity index (χ0n) is 2.96. The standard InChI is InChI=1S/CHB2O3/c1-2-3-5-6-4-1/h1H. The molecule has 3 nitrogen and oxygen atoms in total. The molecule has 1 heterocycles. The van der Waals surface area contributed by atoms with Crippen molar-refractivity contribution in [2.75, 3.05) is 0 Å². The average Bonchev–Trinajstić information content (AvgIpc) is 1.72. The molecule has 5 heteroatoms. The Morgan fingerprint density at radius 2 is 2.50 bits per heavy atom. The van der Waals surface area contributed by atoms with Crippen LogP contribution < -0.4 is 0 Å². The Bertz CT molecular complexity index is 53.8. The van der Waals surface area contributed by atoms with Crippen molar-refractivity contribution in [3.05, 3.63) is 0 Å². The third-order valence-corrected chi connectivity index (χ3v) is 0.347. The monoisotopic (exact) mass is 83.0 g/mol. The van der Waals surface area contributed by atoms with E-state index in [1.807, 2.05) is 0 Å². The topological polar surface area (TPSA) is 27.7 Å². The van der Waals surface area contributed by atoms with Gasteiger partial charge in [0.15, 0.2) is 0 Å². The normalized spacial score (nSPS) is 17.3. The van der Waals surface area contributed by atoms with Crippen LogP contribution in [0.1, 0.15) is 0 Å². The van der Waals surface area contributed by atoms with Crippen molar-refractivity contribution in [2.24, 2.45) is 0 Å². The van der Waals surface area contributed by atoms with Gasteiger partial charge in [-0.25, -0.2) is 0 Å². The van der Waals surface area contributed by atoms with Gasteiger partial charge in [-0.3, -0.25) is 0 Å². The predicted octanol–water partition coefficient (Wildman–Crippen LogP) is -1.12. The van der Waals surface area contributed by atoms with Crippen LogP contribution in [0.5, 0.6) is 0 Å². The van der Waals surface area contributed by atoms with Gasteiger partial charge in [-0.15, -0.1) is 0 Å². The van der Waals surface area contributed by atoms with Crippen molar-refractivity contribution >= 4 is 20.3 Å². The molecule has 1 rings (SSSR count). The SMILES string of the molecule is [B]1B=COOO1. The van der Waals surface area contributed by atoms with Crippen molar-refractivity contribution in [1.29, 1.82) is 0 Å². The van der Waals surface area contributed by atoms with Crippen molar-refractivity contribution in [2.45, 2.75) is 0 Å². The van der Waals surface area contributed by atoms with Crippen LogP contribution in [0.25, 0.3) is 0 Å². The zero-order valence-corrected chi connectivity index (χ0v) is 2.96. The summed E-state index contributed by atoms with van der Waals surface area (Å²) in [6.07, 6.45) is 1.36. The Kier molecular flexibility index (Phi) is 1.30. The molecule has 0 unspecified atom stereocenters. The van der Waals surface area contributed by atoms with Crippen molar-refractivity contribution < 1.29 is 14.7 Å². The molecule has 1 radical (unpaired) electrons. The van der Waals surface area contributed by atoms with Gasteiger partial charge >= 0.3 is 35.1 Å². The van der Waals surface area contributed by atoms with Crippen LogP contribution in [0.3, 0.4) is 0 Å². The summed E-state index contributed by atoms with van der Waals surface area (Å²) in [6, 6.07) is 0. The Morgan fingerprint density at radius 3 is 2.67 bits per heavy atom. The summed E-state index contributed by atoms with van der Waals surface area (Å²) in [5.74, 6) is 0. The van der Waals surface area contributed by atoms with Gasteiger partial charge in [-0.05, 0) is 0 Å². The minimum atomic E-state index is 1.36. The van der Waals surface area contributed by atoms with Crippen LogP contribution in [0.2, 0.25) is 0 Å². The summed E-state index contributed by atoms with van der Waals surface area (Å²) >= 11 is 0. The number of hydrogen-bond donors (Lipinski definition) is 0. The Balaban J connectivity index is 2.26. The Hall–Kier alpha value is -0.280. The summed E-state index contributed by atoms with van der Waals surface area (Å²) in [5.41, 5.74) is 0. The molecule has 0 aliphatic carbocycles. The Labute approximate surface area is 36.2 Å². The maximum absolute atomic E-state index is 4.14. The quantitative estimate of drug-likeness (QED) is 0.274. The molecule has 0 bridgehead atoms. The Morgan fingerprint density at radius 1 is 1.50 bits per heavy atom. The fourth-order valence-electron chi connectivity index (χ4n) is 0.164. The van der Waals surface area contributed by atoms with Gasteiger partial charge < -0.3 is 0 Å². The van der Waals surface area contributed by atoms with E-state index in [1.165, 1.54) is 13.5 Å². The van der Waals surface area contributed by atoms with E-state index in [0.717, 1.165) is 0 Å². The summed E-state index contributed by atoms with van der Waals surface area (Å²) in [5, 5.41) is 3.93. The fourth-order valence-corrected chi connectivity index (χ4v) is 0.164. The first-order valence-electron chi connectivity index (χ1n) is 1.47. The van der Waals surface area contributed by atoms with Crippen LogP contribution in [-0.2, 0) is 14.7 Å². The van der Waals surface area contributed by atoms with E-state index in [2.05, 4.69) is 14.7 Å². The van der Waals surface area contributed by atoms with E-state index in [1.54, 1.807) is 6.81 Å². The van der Waals surface area contributed by atoms with Crippen molar-refractivity contribution in [3.63, 3.8) is 0 Å². The van der Waals surface area contributed by atoms with Gasteiger partial charge in [-0.1, -0.05) is 0 Å².